The Morgan fingerprint density at radius 3 is 2.38 bits per heavy atom. The Bertz CT molecular complexity index is 222. The Morgan fingerprint density at radius 1 is 1.23 bits per heavy atom. The largest absolute Gasteiger partial charge is 0.411 e. The minimum Gasteiger partial charge on any atom is -0.411 e. The fraction of sp³-hybridized carbons (Fsp3) is 0.778. The molecule has 1 fully saturated rings. The van der Waals surface area contributed by atoms with E-state index in [1.807, 2.05) is 13.8 Å². The minimum absolute atomic E-state index is 0.0781. The molecule has 4 nitrogen and oxygen atoms in total. The first-order valence-electron chi connectivity index (χ1n) is 4.68. The molecule has 0 heterocycles. The van der Waals surface area contributed by atoms with E-state index >= 15 is 0 Å². The third-order valence-electron chi connectivity index (χ3n) is 1.90. The molecule has 4 heteroatoms. The minimum atomic E-state index is 0.0781. The SMILES string of the molecule is CC(C)O/N=C1\CCCC\C1=N/O. The lowest BCUT2D eigenvalue weighted by Crippen LogP contribution is -2.20. The van der Waals surface area contributed by atoms with E-state index in [9.17, 15) is 0 Å². The van der Waals surface area contributed by atoms with Crippen molar-refractivity contribution in [2.24, 2.45) is 10.3 Å². The average molecular weight is 184 g/mol. The molecule has 0 amide bonds. The Hall–Kier alpha value is -1.06. The van der Waals surface area contributed by atoms with Gasteiger partial charge in [-0.2, -0.15) is 0 Å². The molecule has 74 valence electrons. The third-order valence-corrected chi connectivity index (χ3v) is 1.90. The monoisotopic (exact) mass is 184 g/mol. The first kappa shape index (κ1) is 10.0. The van der Waals surface area contributed by atoms with Crippen molar-refractivity contribution in [3.05, 3.63) is 0 Å². The topological polar surface area (TPSA) is 54.2 Å². The lowest BCUT2D eigenvalue weighted by molar-refractivity contribution is 0.0858. The van der Waals surface area contributed by atoms with E-state index in [4.69, 9.17) is 10.0 Å². The second-order valence-corrected chi connectivity index (χ2v) is 3.45. The van der Waals surface area contributed by atoms with Gasteiger partial charge in [0.15, 0.2) is 0 Å². The summed E-state index contributed by atoms with van der Waals surface area (Å²) in [5, 5.41) is 15.9. The highest BCUT2D eigenvalue weighted by Crippen LogP contribution is 2.13. The molecule has 0 spiro atoms. The van der Waals surface area contributed by atoms with Crippen LogP contribution in [0.4, 0.5) is 0 Å². The molecule has 0 radical (unpaired) electrons. The predicted molar refractivity (Wildman–Crippen MR) is 51.3 cm³/mol. The van der Waals surface area contributed by atoms with Crippen molar-refractivity contribution in [3.8, 4) is 0 Å². The fourth-order valence-electron chi connectivity index (χ4n) is 1.25. The van der Waals surface area contributed by atoms with Crippen molar-refractivity contribution in [1.29, 1.82) is 0 Å². The van der Waals surface area contributed by atoms with Crippen molar-refractivity contribution >= 4 is 11.4 Å². The highest BCUT2D eigenvalue weighted by atomic mass is 16.6. The van der Waals surface area contributed by atoms with Gasteiger partial charge in [0, 0.05) is 0 Å². The van der Waals surface area contributed by atoms with E-state index in [-0.39, 0.29) is 6.10 Å². The lowest BCUT2D eigenvalue weighted by atomic mass is 9.97. The summed E-state index contributed by atoms with van der Waals surface area (Å²) in [7, 11) is 0. The van der Waals surface area contributed by atoms with Gasteiger partial charge in [0.25, 0.3) is 0 Å². The summed E-state index contributed by atoms with van der Waals surface area (Å²) in [6, 6.07) is 0. The van der Waals surface area contributed by atoms with Gasteiger partial charge >= 0.3 is 0 Å². The highest BCUT2D eigenvalue weighted by Gasteiger charge is 2.16. The predicted octanol–water partition coefficient (Wildman–Crippen LogP) is 2.17. The van der Waals surface area contributed by atoms with Gasteiger partial charge in [-0.15, -0.1) is 0 Å². The van der Waals surface area contributed by atoms with E-state index in [1.165, 1.54) is 0 Å². The Balaban J connectivity index is 2.59. The standard InChI is InChI=1S/C9H16N2O2/c1-7(2)13-11-9-6-4-3-5-8(9)10-12/h7,12H,3-6H2,1-2H3/b10-8+,11-9+. The van der Waals surface area contributed by atoms with Crippen LogP contribution in [0.25, 0.3) is 0 Å². The fourth-order valence-corrected chi connectivity index (χ4v) is 1.25. The summed E-state index contributed by atoms with van der Waals surface area (Å²) in [4.78, 5) is 5.11. The van der Waals surface area contributed by atoms with E-state index in [0.29, 0.717) is 5.71 Å². The molecular weight excluding hydrogens is 168 g/mol. The summed E-state index contributed by atoms with van der Waals surface area (Å²) in [6.07, 6.45) is 3.90. The summed E-state index contributed by atoms with van der Waals surface area (Å²) in [6.45, 7) is 3.84. The van der Waals surface area contributed by atoms with Crippen molar-refractivity contribution in [2.75, 3.05) is 0 Å². The maximum atomic E-state index is 8.68. The molecular formula is C9H16N2O2. The number of oxime groups is 2. The van der Waals surface area contributed by atoms with Gasteiger partial charge in [-0.3, -0.25) is 0 Å². The van der Waals surface area contributed by atoms with Crippen molar-refractivity contribution in [1.82, 2.24) is 0 Å². The van der Waals surface area contributed by atoms with Crippen molar-refractivity contribution in [3.63, 3.8) is 0 Å². The first-order valence-corrected chi connectivity index (χ1v) is 4.68. The molecule has 0 unspecified atom stereocenters. The van der Waals surface area contributed by atoms with Crippen LogP contribution in [0.2, 0.25) is 0 Å². The van der Waals surface area contributed by atoms with Gasteiger partial charge in [-0.1, -0.05) is 10.3 Å². The number of nitrogens with zero attached hydrogens (tertiary/aromatic N) is 2. The van der Waals surface area contributed by atoms with Crippen LogP contribution < -0.4 is 0 Å². The molecule has 0 bridgehead atoms. The van der Waals surface area contributed by atoms with Gasteiger partial charge in [0.1, 0.15) is 17.5 Å². The summed E-state index contributed by atoms with van der Waals surface area (Å²) >= 11 is 0. The van der Waals surface area contributed by atoms with Gasteiger partial charge < -0.3 is 10.0 Å². The third kappa shape index (κ3) is 3.05. The molecule has 0 atom stereocenters. The molecule has 1 rings (SSSR count). The van der Waals surface area contributed by atoms with Crippen LogP contribution in [-0.4, -0.2) is 22.7 Å². The van der Waals surface area contributed by atoms with E-state index in [0.717, 1.165) is 31.4 Å². The van der Waals surface area contributed by atoms with E-state index in [1.54, 1.807) is 0 Å². The van der Waals surface area contributed by atoms with Crippen LogP contribution in [-0.2, 0) is 4.84 Å². The Morgan fingerprint density at radius 2 is 1.85 bits per heavy atom. The van der Waals surface area contributed by atoms with Crippen LogP contribution >= 0.6 is 0 Å². The molecule has 0 aromatic rings. The molecule has 0 saturated heterocycles. The smallest absolute Gasteiger partial charge is 0.122 e. The van der Waals surface area contributed by atoms with Crippen LogP contribution in [0.1, 0.15) is 39.5 Å². The molecule has 0 aliphatic heterocycles. The van der Waals surface area contributed by atoms with Gasteiger partial charge in [0.05, 0.1) is 0 Å². The number of hydrogen-bond acceptors (Lipinski definition) is 4. The molecule has 1 saturated carbocycles. The molecule has 1 aliphatic rings. The van der Waals surface area contributed by atoms with Gasteiger partial charge in [-0.25, -0.2) is 0 Å². The highest BCUT2D eigenvalue weighted by molar-refractivity contribution is 6.42. The van der Waals surface area contributed by atoms with E-state index < -0.39 is 0 Å². The van der Waals surface area contributed by atoms with Crippen molar-refractivity contribution in [2.45, 2.75) is 45.6 Å². The molecule has 13 heavy (non-hydrogen) atoms. The zero-order valence-electron chi connectivity index (χ0n) is 8.16. The maximum absolute atomic E-state index is 8.68. The second-order valence-electron chi connectivity index (χ2n) is 3.45. The second kappa shape index (κ2) is 4.84. The Kier molecular flexibility index (Phi) is 3.73. The van der Waals surface area contributed by atoms with E-state index in [2.05, 4.69) is 10.3 Å². The van der Waals surface area contributed by atoms with Crippen LogP contribution in [0.15, 0.2) is 10.3 Å². The first-order chi connectivity index (χ1) is 6.24. The summed E-state index contributed by atoms with van der Waals surface area (Å²) in [5.74, 6) is 0. The van der Waals surface area contributed by atoms with Gasteiger partial charge in [-0.05, 0) is 39.5 Å². The summed E-state index contributed by atoms with van der Waals surface area (Å²) < 4.78 is 0. The number of rotatable bonds is 2. The van der Waals surface area contributed by atoms with Crippen LogP contribution in [0.5, 0.6) is 0 Å². The van der Waals surface area contributed by atoms with Crippen molar-refractivity contribution < 1.29 is 10.0 Å². The zero-order valence-corrected chi connectivity index (χ0v) is 8.16. The molecule has 1 N–H and O–H groups in total. The number of hydrogen-bond donors (Lipinski definition) is 1. The zero-order chi connectivity index (χ0) is 9.68. The Labute approximate surface area is 78.3 Å². The van der Waals surface area contributed by atoms with Crippen LogP contribution in [0, 0.1) is 0 Å². The molecule has 0 aromatic carbocycles. The van der Waals surface area contributed by atoms with Gasteiger partial charge in [0.2, 0.25) is 0 Å². The van der Waals surface area contributed by atoms with Crippen LogP contribution in [0.3, 0.4) is 0 Å². The summed E-state index contributed by atoms with van der Waals surface area (Å²) in [5.41, 5.74) is 1.47. The molecule has 1 aliphatic carbocycles. The maximum Gasteiger partial charge on any atom is 0.122 e. The molecule has 0 aromatic heterocycles. The average Bonchev–Trinajstić information content (AvgIpc) is 2.15. The lowest BCUT2D eigenvalue weighted by Gasteiger charge is -2.14. The normalized spacial score (nSPS) is 24.2. The quantitative estimate of drug-likeness (QED) is 0.528.